The summed E-state index contributed by atoms with van der Waals surface area (Å²) in [6, 6.07) is 2.58. The van der Waals surface area contributed by atoms with Crippen molar-refractivity contribution in [1.29, 1.82) is 0 Å². The van der Waals surface area contributed by atoms with Gasteiger partial charge >= 0.3 is 8.80 Å². The number of aryl methyl sites for hydroxylation is 1. The highest BCUT2D eigenvalue weighted by Gasteiger charge is 2.35. The first kappa shape index (κ1) is 20.2. The van der Waals surface area contributed by atoms with Gasteiger partial charge in [-0.3, -0.25) is 0 Å². The van der Waals surface area contributed by atoms with E-state index in [1.807, 2.05) is 13.8 Å². The molecular weight excluding hydrogens is 325 g/mol. The Kier molecular flexibility index (Phi) is 8.83. The van der Waals surface area contributed by atoms with Crippen molar-refractivity contribution in [3.05, 3.63) is 35.1 Å². The Hall–Kier alpha value is -0.893. The normalized spacial score (nSPS) is 11.9. The van der Waals surface area contributed by atoms with E-state index in [-0.39, 0.29) is 0 Å². The zero-order valence-corrected chi connectivity index (χ0v) is 14.7. The van der Waals surface area contributed by atoms with Crippen LogP contribution in [0.3, 0.4) is 0 Å². The summed E-state index contributed by atoms with van der Waals surface area (Å²) in [7, 11) is -3.04. The van der Waals surface area contributed by atoms with Crippen molar-refractivity contribution in [1.82, 2.24) is 0 Å². The number of hydrogen-bond acceptors (Lipinski definition) is 3. The molecule has 0 aliphatic carbocycles. The molecule has 23 heavy (non-hydrogen) atoms. The summed E-state index contributed by atoms with van der Waals surface area (Å²) in [5.41, 5.74) is 0.455. The number of hydrogen-bond donors (Lipinski definition) is 1. The van der Waals surface area contributed by atoms with Crippen molar-refractivity contribution >= 4 is 8.80 Å². The maximum absolute atomic E-state index is 13.1. The Balaban J connectivity index is 2.27. The van der Waals surface area contributed by atoms with E-state index in [4.69, 9.17) is 8.85 Å². The molecule has 0 unspecified atom stereocenters. The third kappa shape index (κ3) is 7.03. The molecule has 3 nitrogen and oxygen atoms in total. The topological polar surface area (TPSA) is 38.7 Å². The molecule has 0 amide bonds. The van der Waals surface area contributed by atoms with E-state index in [0.29, 0.717) is 31.2 Å². The minimum Gasteiger partial charge on any atom is -0.390 e. The molecule has 1 aromatic rings. The lowest BCUT2D eigenvalue weighted by atomic mass is 10.1. The summed E-state index contributed by atoms with van der Waals surface area (Å²) in [4.78, 5) is 10.2. The van der Waals surface area contributed by atoms with Crippen LogP contribution in [-0.2, 0) is 15.3 Å². The largest absolute Gasteiger partial charge is 0.498 e. The van der Waals surface area contributed by atoms with Crippen LogP contribution in [0.5, 0.6) is 0 Å². The van der Waals surface area contributed by atoms with Crippen LogP contribution in [0, 0.1) is 17.5 Å². The Labute approximate surface area is 136 Å². The summed E-state index contributed by atoms with van der Waals surface area (Å²) in [5.74, 6) is -3.72. The van der Waals surface area contributed by atoms with Crippen molar-refractivity contribution in [3.63, 3.8) is 0 Å². The molecule has 0 aromatic heterocycles. The Morgan fingerprint density at radius 2 is 1.43 bits per heavy atom. The minimum atomic E-state index is -3.04. The van der Waals surface area contributed by atoms with E-state index in [1.165, 1.54) is 0 Å². The van der Waals surface area contributed by atoms with Gasteiger partial charge in [-0.2, -0.15) is 0 Å². The van der Waals surface area contributed by atoms with E-state index in [1.54, 1.807) is 0 Å². The molecule has 132 valence electrons. The first-order valence-corrected chi connectivity index (χ1v) is 10.0. The molecule has 1 aromatic carbocycles. The summed E-state index contributed by atoms with van der Waals surface area (Å²) in [6.07, 6.45) is 3.72. The fourth-order valence-electron chi connectivity index (χ4n) is 2.42. The molecule has 7 heteroatoms. The Bertz CT molecular complexity index is 457. The average Bonchev–Trinajstić information content (AvgIpc) is 2.48. The molecule has 1 rings (SSSR count). The van der Waals surface area contributed by atoms with Gasteiger partial charge in [0, 0.05) is 19.3 Å². The molecule has 0 aliphatic heterocycles. The second-order valence-electron chi connectivity index (χ2n) is 5.37. The van der Waals surface area contributed by atoms with E-state index in [2.05, 4.69) is 0 Å². The fourth-order valence-corrected chi connectivity index (χ4v) is 4.39. The van der Waals surface area contributed by atoms with Crippen molar-refractivity contribution < 1.29 is 26.8 Å². The maximum atomic E-state index is 13.1. The minimum absolute atomic E-state index is 0.421. The SMILES string of the molecule is CCO[Si](O)(CCCCCCc1cc(F)c(F)c(F)c1)OCC. The summed E-state index contributed by atoms with van der Waals surface area (Å²) in [6.45, 7) is 4.48. The molecule has 0 fully saturated rings. The second kappa shape index (κ2) is 10.1. The van der Waals surface area contributed by atoms with Crippen LogP contribution in [-0.4, -0.2) is 26.8 Å². The predicted octanol–water partition coefficient (Wildman–Crippen LogP) is 4.21. The molecular formula is C16H25F3O3Si. The van der Waals surface area contributed by atoms with Gasteiger partial charge in [-0.05, 0) is 50.8 Å². The summed E-state index contributed by atoms with van der Waals surface area (Å²) in [5, 5.41) is 0. The second-order valence-corrected chi connectivity index (χ2v) is 7.87. The molecule has 0 radical (unpaired) electrons. The van der Waals surface area contributed by atoms with Crippen molar-refractivity contribution in [2.45, 2.75) is 52.0 Å². The third-order valence-corrected chi connectivity index (χ3v) is 5.96. The smallest absolute Gasteiger partial charge is 0.390 e. The van der Waals surface area contributed by atoms with Gasteiger partial charge in [-0.1, -0.05) is 12.8 Å². The lowest BCUT2D eigenvalue weighted by molar-refractivity contribution is 0.107. The fraction of sp³-hybridized carbons (Fsp3) is 0.625. The van der Waals surface area contributed by atoms with Gasteiger partial charge in [0.25, 0.3) is 0 Å². The van der Waals surface area contributed by atoms with Gasteiger partial charge in [0.05, 0.1) is 0 Å². The highest BCUT2D eigenvalue weighted by molar-refractivity contribution is 6.59. The summed E-state index contributed by atoms with van der Waals surface area (Å²) >= 11 is 0. The molecule has 0 atom stereocenters. The van der Waals surface area contributed by atoms with E-state index >= 15 is 0 Å². The monoisotopic (exact) mass is 350 g/mol. The first-order valence-electron chi connectivity index (χ1n) is 8.05. The number of unbranched alkanes of at least 4 members (excludes halogenated alkanes) is 3. The number of rotatable bonds is 11. The quantitative estimate of drug-likeness (QED) is 0.369. The maximum Gasteiger partial charge on any atom is 0.498 e. The predicted molar refractivity (Wildman–Crippen MR) is 84.5 cm³/mol. The third-order valence-electron chi connectivity index (χ3n) is 3.49. The van der Waals surface area contributed by atoms with Crippen LogP contribution >= 0.6 is 0 Å². The van der Waals surface area contributed by atoms with Crippen LogP contribution < -0.4 is 0 Å². The van der Waals surface area contributed by atoms with Gasteiger partial charge in [0.2, 0.25) is 0 Å². The van der Waals surface area contributed by atoms with Crippen LogP contribution in [0.25, 0.3) is 0 Å². The standard InChI is InChI=1S/C16H25F3O3Si/c1-3-21-23(20,22-4-2)10-8-6-5-7-9-13-11-14(17)16(19)15(18)12-13/h11-12,20H,3-10H2,1-2H3. The zero-order chi connectivity index (χ0) is 17.3. The van der Waals surface area contributed by atoms with E-state index < -0.39 is 26.3 Å². The van der Waals surface area contributed by atoms with Gasteiger partial charge in [0.15, 0.2) is 17.5 Å². The van der Waals surface area contributed by atoms with Crippen LogP contribution in [0.1, 0.15) is 45.1 Å². The van der Waals surface area contributed by atoms with Crippen molar-refractivity contribution in [2.24, 2.45) is 0 Å². The lowest BCUT2D eigenvalue weighted by Crippen LogP contribution is -2.42. The van der Waals surface area contributed by atoms with Crippen molar-refractivity contribution in [3.8, 4) is 0 Å². The highest BCUT2D eigenvalue weighted by atomic mass is 28.4. The van der Waals surface area contributed by atoms with Gasteiger partial charge in [0.1, 0.15) is 0 Å². The average molecular weight is 350 g/mol. The van der Waals surface area contributed by atoms with Crippen molar-refractivity contribution in [2.75, 3.05) is 13.2 Å². The Morgan fingerprint density at radius 3 is 1.96 bits per heavy atom. The molecule has 1 N–H and O–H groups in total. The van der Waals surface area contributed by atoms with Gasteiger partial charge < -0.3 is 13.6 Å². The zero-order valence-electron chi connectivity index (χ0n) is 13.7. The van der Waals surface area contributed by atoms with E-state index in [9.17, 15) is 18.0 Å². The Morgan fingerprint density at radius 1 is 0.913 bits per heavy atom. The number of benzene rings is 1. The van der Waals surface area contributed by atoms with Crippen LogP contribution in [0.4, 0.5) is 13.2 Å². The van der Waals surface area contributed by atoms with Crippen LogP contribution in [0.2, 0.25) is 6.04 Å². The summed E-state index contributed by atoms with van der Waals surface area (Å²) < 4.78 is 49.7. The number of halogens is 3. The molecule has 0 heterocycles. The molecule has 0 saturated heterocycles. The first-order chi connectivity index (χ1) is 10.9. The van der Waals surface area contributed by atoms with Gasteiger partial charge in [-0.25, -0.2) is 13.2 Å². The molecule has 0 bridgehead atoms. The molecule has 0 saturated carbocycles. The molecule has 0 aliphatic rings. The van der Waals surface area contributed by atoms with Crippen LogP contribution in [0.15, 0.2) is 12.1 Å². The van der Waals surface area contributed by atoms with E-state index in [0.717, 1.165) is 37.8 Å². The highest BCUT2D eigenvalue weighted by Crippen LogP contribution is 2.18. The van der Waals surface area contributed by atoms with Gasteiger partial charge in [-0.15, -0.1) is 0 Å². The molecule has 0 spiro atoms. The lowest BCUT2D eigenvalue weighted by Gasteiger charge is -2.22.